The molecule has 0 spiro atoms. The zero-order valence-corrected chi connectivity index (χ0v) is 10.8. The molecule has 2 nitrogen and oxygen atoms in total. The second-order valence-electron chi connectivity index (χ2n) is 5.71. The molecule has 2 fully saturated rings. The van der Waals surface area contributed by atoms with Crippen molar-refractivity contribution in [3.63, 3.8) is 0 Å². The summed E-state index contributed by atoms with van der Waals surface area (Å²) in [6.07, 6.45) is 2.97. The van der Waals surface area contributed by atoms with Crippen molar-refractivity contribution in [2.45, 2.75) is 50.7 Å². The Labute approximate surface area is 107 Å². The van der Waals surface area contributed by atoms with Gasteiger partial charge in [-0.05, 0) is 51.2 Å². The van der Waals surface area contributed by atoms with Crippen molar-refractivity contribution in [2.75, 3.05) is 26.2 Å². The molecule has 0 amide bonds. The molecule has 1 aliphatic carbocycles. The van der Waals surface area contributed by atoms with Gasteiger partial charge < -0.3 is 5.32 Å². The van der Waals surface area contributed by atoms with Gasteiger partial charge in [-0.3, -0.25) is 4.90 Å². The van der Waals surface area contributed by atoms with Crippen molar-refractivity contribution >= 4 is 0 Å². The standard InChI is InChI=1S/C13H23F3N2/c14-13(15,16)10-18-8-5-12(6-9-18)17-7-1-2-11-3-4-11/h11-12,17H,1-10H2. The van der Waals surface area contributed by atoms with Crippen LogP contribution in [-0.2, 0) is 0 Å². The molecule has 0 aromatic heterocycles. The van der Waals surface area contributed by atoms with Gasteiger partial charge >= 0.3 is 6.18 Å². The Kier molecular flexibility index (Phi) is 4.90. The highest BCUT2D eigenvalue weighted by atomic mass is 19.4. The third-order valence-corrected chi connectivity index (χ3v) is 3.91. The van der Waals surface area contributed by atoms with Crippen LogP contribution in [0.25, 0.3) is 0 Å². The molecule has 1 heterocycles. The number of rotatable bonds is 6. The molecule has 1 N–H and O–H groups in total. The van der Waals surface area contributed by atoms with E-state index >= 15 is 0 Å². The SMILES string of the molecule is FC(F)(F)CN1CCC(NCCCC2CC2)CC1. The number of hydrogen-bond acceptors (Lipinski definition) is 2. The molecule has 1 saturated heterocycles. The summed E-state index contributed by atoms with van der Waals surface area (Å²) < 4.78 is 36.6. The Morgan fingerprint density at radius 3 is 2.28 bits per heavy atom. The highest BCUT2D eigenvalue weighted by Crippen LogP contribution is 2.33. The van der Waals surface area contributed by atoms with Crippen LogP contribution >= 0.6 is 0 Å². The first-order valence-corrected chi connectivity index (χ1v) is 7.05. The fourth-order valence-corrected chi connectivity index (χ4v) is 2.65. The highest BCUT2D eigenvalue weighted by Gasteiger charge is 2.32. The van der Waals surface area contributed by atoms with E-state index in [1.165, 1.54) is 30.6 Å². The van der Waals surface area contributed by atoms with Crippen LogP contribution in [0.5, 0.6) is 0 Å². The molecule has 5 heteroatoms. The largest absolute Gasteiger partial charge is 0.401 e. The minimum atomic E-state index is -4.05. The number of piperidine rings is 1. The Bertz CT molecular complexity index is 243. The van der Waals surface area contributed by atoms with E-state index in [1.54, 1.807) is 0 Å². The van der Waals surface area contributed by atoms with Crippen molar-refractivity contribution in [3.8, 4) is 0 Å². The number of likely N-dealkylation sites (tertiary alicyclic amines) is 1. The van der Waals surface area contributed by atoms with Crippen LogP contribution in [-0.4, -0.2) is 43.3 Å². The Morgan fingerprint density at radius 2 is 1.72 bits per heavy atom. The quantitative estimate of drug-likeness (QED) is 0.742. The molecular weight excluding hydrogens is 241 g/mol. The number of nitrogens with zero attached hydrogens (tertiary/aromatic N) is 1. The lowest BCUT2D eigenvalue weighted by atomic mass is 10.0. The number of nitrogens with one attached hydrogen (secondary N) is 1. The highest BCUT2D eigenvalue weighted by molar-refractivity contribution is 4.79. The van der Waals surface area contributed by atoms with Crippen LogP contribution < -0.4 is 5.32 Å². The summed E-state index contributed by atoms with van der Waals surface area (Å²) in [5.41, 5.74) is 0. The lowest BCUT2D eigenvalue weighted by Crippen LogP contribution is -2.45. The summed E-state index contributed by atoms with van der Waals surface area (Å²) in [6.45, 7) is 1.42. The summed E-state index contributed by atoms with van der Waals surface area (Å²) in [5, 5.41) is 3.48. The van der Waals surface area contributed by atoms with Gasteiger partial charge in [0.25, 0.3) is 0 Å². The van der Waals surface area contributed by atoms with Gasteiger partial charge in [-0.15, -0.1) is 0 Å². The van der Waals surface area contributed by atoms with Gasteiger partial charge in [-0.2, -0.15) is 13.2 Å². The number of alkyl halides is 3. The Morgan fingerprint density at radius 1 is 1.06 bits per heavy atom. The average molecular weight is 264 g/mol. The molecule has 0 aromatic rings. The molecule has 1 aliphatic heterocycles. The van der Waals surface area contributed by atoms with Crippen LogP contribution in [0.2, 0.25) is 0 Å². The van der Waals surface area contributed by atoms with E-state index < -0.39 is 12.7 Å². The van der Waals surface area contributed by atoms with E-state index in [2.05, 4.69) is 5.32 Å². The predicted molar refractivity (Wildman–Crippen MR) is 65.5 cm³/mol. The first-order chi connectivity index (χ1) is 8.53. The molecule has 18 heavy (non-hydrogen) atoms. The molecule has 0 aromatic carbocycles. The summed E-state index contributed by atoms with van der Waals surface area (Å²) in [6, 6.07) is 0.425. The molecule has 0 unspecified atom stereocenters. The summed E-state index contributed by atoms with van der Waals surface area (Å²) in [4.78, 5) is 1.52. The van der Waals surface area contributed by atoms with Crippen molar-refractivity contribution in [1.82, 2.24) is 10.2 Å². The van der Waals surface area contributed by atoms with Crippen LogP contribution in [0.3, 0.4) is 0 Å². The summed E-state index contributed by atoms with van der Waals surface area (Å²) in [5.74, 6) is 0.973. The predicted octanol–water partition coefficient (Wildman–Crippen LogP) is 2.79. The third-order valence-electron chi connectivity index (χ3n) is 3.91. The minimum absolute atomic E-state index is 0.425. The van der Waals surface area contributed by atoms with Crippen molar-refractivity contribution < 1.29 is 13.2 Å². The van der Waals surface area contributed by atoms with E-state index in [1.807, 2.05) is 0 Å². The first-order valence-electron chi connectivity index (χ1n) is 7.05. The third kappa shape index (κ3) is 5.57. The van der Waals surface area contributed by atoms with E-state index in [9.17, 15) is 13.2 Å². The average Bonchev–Trinajstić information content (AvgIpc) is 3.08. The van der Waals surface area contributed by atoms with Crippen LogP contribution in [0.1, 0.15) is 38.5 Å². The van der Waals surface area contributed by atoms with Gasteiger partial charge in [-0.1, -0.05) is 12.8 Å². The molecule has 106 valence electrons. The molecule has 0 radical (unpaired) electrons. The van der Waals surface area contributed by atoms with Gasteiger partial charge in [0.2, 0.25) is 0 Å². The molecule has 2 rings (SSSR count). The topological polar surface area (TPSA) is 15.3 Å². The molecule has 0 atom stereocenters. The van der Waals surface area contributed by atoms with E-state index in [4.69, 9.17) is 0 Å². The van der Waals surface area contributed by atoms with Gasteiger partial charge in [0.05, 0.1) is 6.54 Å². The molecule has 2 aliphatic rings. The smallest absolute Gasteiger partial charge is 0.314 e. The van der Waals surface area contributed by atoms with Crippen LogP contribution in [0.15, 0.2) is 0 Å². The zero-order valence-electron chi connectivity index (χ0n) is 10.8. The van der Waals surface area contributed by atoms with Crippen molar-refractivity contribution in [1.29, 1.82) is 0 Å². The maximum absolute atomic E-state index is 12.2. The van der Waals surface area contributed by atoms with Crippen molar-refractivity contribution in [3.05, 3.63) is 0 Å². The second-order valence-corrected chi connectivity index (χ2v) is 5.71. The summed E-state index contributed by atoms with van der Waals surface area (Å²) >= 11 is 0. The monoisotopic (exact) mass is 264 g/mol. The normalized spacial score (nSPS) is 23.5. The maximum Gasteiger partial charge on any atom is 0.401 e. The molecular formula is C13H23F3N2. The van der Waals surface area contributed by atoms with E-state index in [-0.39, 0.29) is 0 Å². The second kappa shape index (κ2) is 6.24. The summed E-state index contributed by atoms with van der Waals surface area (Å²) in [7, 11) is 0. The van der Waals surface area contributed by atoms with Gasteiger partial charge in [0.1, 0.15) is 0 Å². The fourth-order valence-electron chi connectivity index (χ4n) is 2.65. The molecule has 1 saturated carbocycles. The van der Waals surface area contributed by atoms with Gasteiger partial charge in [0, 0.05) is 6.04 Å². The zero-order chi connectivity index (χ0) is 13.0. The van der Waals surface area contributed by atoms with Crippen LogP contribution in [0.4, 0.5) is 13.2 Å². The lowest BCUT2D eigenvalue weighted by molar-refractivity contribution is -0.148. The van der Waals surface area contributed by atoms with E-state index in [0.29, 0.717) is 19.1 Å². The lowest BCUT2D eigenvalue weighted by Gasteiger charge is -2.32. The van der Waals surface area contributed by atoms with Crippen LogP contribution in [0, 0.1) is 5.92 Å². The molecule has 0 bridgehead atoms. The van der Waals surface area contributed by atoms with E-state index in [0.717, 1.165) is 25.3 Å². The number of hydrogen-bond donors (Lipinski definition) is 1. The number of halogens is 3. The Balaban J connectivity index is 1.52. The van der Waals surface area contributed by atoms with Crippen molar-refractivity contribution in [2.24, 2.45) is 5.92 Å². The Hall–Kier alpha value is -0.290. The minimum Gasteiger partial charge on any atom is -0.314 e. The fraction of sp³-hybridized carbons (Fsp3) is 1.00. The van der Waals surface area contributed by atoms with Gasteiger partial charge in [0.15, 0.2) is 0 Å². The first kappa shape index (κ1) is 14.1. The van der Waals surface area contributed by atoms with Gasteiger partial charge in [-0.25, -0.2) is 0 Å². The maximum atomic E-state index is 12.2.